The maximum atomic E-state index is 12.4. The summed E-state index contributed by atoms with van der Waals surface area (Å²) in [5.41, 5.74) is 0.600. The molecule has 0 unspecified atom stereocenters. The number of hydrogen-bond donors (Lipinski definition) is 0. The van der Waals surface area contributed by atoms with Gasteiger partial charge in [0.2, 0.25) is 6.79 Å². The fraction of sp³-hybridized carbons (Fsp3) is 0.235. The van der Waals surface area contributed by atoms with E-state index in [2.05, 4.69) is 0 Å². The molecule has 0 radical (unpaired) electrons. The Balaban J connectivity index is 1.79. The van der Waals surface area contributed by atoms with Gasteiger partial charge in [-0.15, -0.1) is 0 Å². The fourth-order valence-corrected chi connectivity index (χ4v) is 4.16. The molecule has 28 heavy (non-hydrogen) atoms. The summed E-state index contributed by atoms with van der Waals surface area (Å²) in [7, 11) is -1.63. The highest BCUT2D eigenvalue weighted by Crippen LogP contribution is 2.40. The lowest BCUT2D eigenvalue weighted by Crippen LogP contribution is -2.26. The van der Waals surface area contributed by atoms with E-state index in [1.165, 1.54) is 26.3 Å². The number of hydroxylamine groups is 1. The fourth-order valence-electron chi connectivity index (χ4n) is 2.40. The largest absolute Gasteiger partial charge is 0.457 e. The standard InChI is InChI=1S/C17H15Cl2NO7S/c1-20(24-2)28(22,23)15-7-11(3-4-12(15)18)17(21)25-8-10-5-13(19)16-14(6-10)26-9-27-16/h3-7H,8-9H2,1-2H3. The molecule has 0 bridgehead atoms. The third kappa shape index (κ3) is 4.03. The van der Waals surface area contributed by atoms with E-state index in [0.717, 1.165) is 6.07 Å². The topological polar surface area (TPSA) is 91.4 Å². The van der Waals surface area contributed by atoms with Gasteiger partial charge in [0.25, 0.3) is 10.0 Å². The van der Waals surface area contributed by atoms with Gasteiger partial charge >= 0.3 is 5.97 Å². The molecule has 11 heteroatoms. The van der Waals surface area contributed by atoms with Crippen LogP contribution in [0.1, 0.15) is 15.9 Å². The van der Waals surface area contributed by atoms with Crippen LogP contribution >= 0.6 is 23.2 Å². The van der Waals surface area contributed by atoms with E-state index in [0.29, 0.717) is 26.6 Å². The zero-order chi connectivity index (χ0) is 20.5. The van der Waals surface area contributed by atoms with Gasteiger partial charge in [-0.2, -0.15) is 0 Å². The van der Waals surface area contributed by atoms with E-state index in [-0.39, 0.29) is 28.9 Å². The number of esters is 1. The maximum absolute atomic E-state index is 12.4. The molecule has 0 spiro atoms. The Kier molecular flexibility index (Phi) is 6.01. The van der Waals surface area contributed by atoms with Crippen LogP contribution in [0.4, 0.5) is 0 Å². The SMILES string of the molecule is CON(C)S(=O)(=O)c1cc(C(=O)OCc2cc(Cl)c3c(c2)OCO3)ccc1Cl. The quantitative estimate of drug-likeness (QED) is 0.495. The zero-order valence-electron chi connectivity index (χ0n) is 14.8. The first-order valence-electron chi connectivity index (χ1n) is 7.81. The molecule has 8 nitrogen and oxygen atoms in total. The van der Waals surface area contributed by atoms with Gasteiger partial charge in [-0.3, -0.25) is 4.84 Å². The van der Waals surface area contributed by atoms with Crippen LogP contribution in [0.25, 0.3) is 0 Å². The minimum absolute atomic E-state index is 0.0133. The number of carbonyl (C=O) groups excluding carboxylic acids is 1. The van der Waals surface area contributed by atoms with Gasteiger partial charge in [0.1, 0.15) is 11.5 Å². The van der Waals surface area contributed by atoms with Crippen LogP contribution in [0, 0.1) is 0 Å². The molecule has 1 aliphatic heterocycles. The molecule has 150 valence electrons. The Morgan fingerprint density at radius 2 is 1.93 bits per heavy atom. The van der Waals surface area contributed by atoms with E-state index in [4.69, 9.17) is 42.3 Å². The molecular formula is C17H15Cl2NO7S. The summed E-state index contributed by atoms with van der Waals surface area (Å²) in [4.78, 5) is 16.8. The molecule has 0 N–H and O–H groups in total. The molecule has 2 aromatic carbocycles. The Hall–Kier alpha value is -2.04. The zero-order valence-corrected chi connectivity index (χ0v) is 17.1. The smallest absolute Gasteiger partial charge is 0.338 e. The van der Waals surface area contributed by atoms with Crippen molar-refractivity contribution in [1.82, 2.24) is 4.47 Å². The average molecular weight is 448 g/mol. The van der Waals surface area contributed by atoms with Gasteiger partial charge in [-0.25, -0.2) is 13.2 Å². The van der Waals surface area contributed by atoms with Gasteiger partial charge in [0.05, 0.1) is 22.7 Å². The second kappa shape index (κ2) is 8.14. The Morgan fingerprint density at radius 3 is 2.64 bits per heavy atom. The number of carbonyl (C=O) groups is 1. The molecule has 1 aliphatic rings. The van der Waals surface area contributed by atoms with Crippen molar-refractivity contribution >= 4 is 39.2 Å². The normalized spacial score (nSPS) is 13.0. The molecule has 0 aromatic heterocycles. The summed E-state index contributed by atoms with van der Waals surface area (Å²) >= 11 is 12.1. The summed E-state index contributed by atoms with van der Waals surface area (Å²) in [5, 5.41) is 0.284. The molecule has 0 fully saturated rings. The van der Waals surface area contributed by atoms with Crippen molar-refractivity contribution in [2.24, 2.45) is 0 Å². The number of rotatable bonds is 6. The lowest BCUT2D eigenvalue weighted by Gasteiger charge is -2.15. The Bertz CT molecular complexity index is 1030. The third-order valence-corrected chi connectivity index (χ3v) is 6.34. The first-order chi connectivity index (χ1) is 13.2. The molecule has 2 aromatic rings. The lowest BCUT2D eigenvalue weighted by atomic mass is 10.2. The van der Waals surface area contributed by atoms with Gasteiger partial charge in [-0.1, -0.05) is 27.7 Å². The van der Waals surface area contributed by atoms with Crippen LogP contribution in [-0.2, 0) is 26.2 Å². The maximum Gasteiger partial charge on any atom is 0.338 e. The van der Waals surface area contributed by atoms with Gasteiger partial charge < -0.3 is 14.2 Å². The first kappa shape index (κ1) is 20.7. The summed E-state index contributed by atoms with van der Waals surface area (Å²) < 4.78 is 41.2. The highest BCUT2D eigenvalue weighted by Gasteiger charge is 2.26. The van der Waals surface area contributed by atoms with E-state index in [9.17, 15) is 13.2 Å². The van der Waals surface area contributed by atoms with Gasteiger partial charge in [0.15, 0.2) is 11.5 Å². The highest BCUT2D eigenvalue weighted by atomic mass is 35.5. The number of ether oxygens (including phenoxy) is 3. The average Bonchev–Trinajstić information content (AvgIpc) is 3.14. The van der Waals surface area contributed by atoms with E-state index < -0.39 is 16.0 Å². The number of halogens is 2. The Labute approximate surface area is 171 Å². The molecule has 0 aliphatic carbocycles. The summed E-state index contributed by atoms with van der Waals surface area (Å²) in [6.07, 6.45) is 0. The minimum Gasteiger partial charge on any atom is -0.457 e. The number of benzene rings is 2. The van der Waals surface area contributed by atoms with Crippen LogP contribution in [0.5, 0.6) is 11.5 Å². The van der Waals surface area contributed by atoms with Crippen molar-refractivity contribution in [2.75, 3.05) is 21.0 Å². The Morgan fingerprint density at radius 1 is 1.18 bits per heavy atom. The van der Waals surface area contributed by atoms with Crippen LogP contribution in [0.2, 0.25) is 10.0 Å². The third-order valence-electron chi connectivity index (χ3n) is 3.90. The van der Waals surface area contributed by atoms with E-state index >= 15 is 0 Å². The second-order valence-corrected chi connectivity index (χ2v) is 8.35. The first-order valence-corrected chi connectivity index (χ1v) is 10.0. The van der Waals surface area contributed by atoms with E-state index in [1.54, 1.807) is 12.1 Å². The van der Waals surface area contributed by atoms with Crippen molar-refractivity contribution in [3.05, 3.63) is 51.5 Å². The van der Waals surface area contributed by atoms with Crippen molar-refractivity contribution < 1.29 is 32.3 Å². The van der Waals surface area contributed by atoms with Gasteiger partial charge in [0, 0.05) is 7.05 Å². The minimum atomic E-state index is -4.03. The molecular weight excluding hydrogens is 433 g/mol. The molecule has 0 amide bonds. The van der Waals surface area contributed by atoms with Crippen LogP contribution in [0.15, 0.2) is 35.2 Å². The molecule has 0 saturated heterocycles. The highest BCUT2D eigenvalue weighted by molar-refractivity contribution is 7.89. The second-order valence-electron chi connectivity index (χ2n) is 5.63. The number of hydrogen-bond acceptors (Lipinski definition) is 7. The monoisotopic (exact) mass is 447 g/mol. The predicted molar refractivity (Wildman–Crippen MR) is 100 cm³/mol. The van der Waals surface area contributed by atoms with Crippen LogP contribution < -0.4 is 9.47 Å². The van der Waals surface area contributed by atoms with Crippen LogP contribution in [-0.4, -0.2) is 39.8 Å². The molecule has 0 atom stereocenters. The summed E-state index contributed by atoms with van der Waals surface area (Å²) in [6, 6.07) is 7.03. The molecule has 3 rings (SSSR count). The number of sulfonamides is 1. The molecule has 0 saturated carbocycles. The summed E-state index contributed by atoms with van der Waals surface area (Å²) in [6.45, 7) is -0.0336. The van der Waals surface area contributed by atoms with Gasteiger partial charge in [-0.05, 0) is 35.9 Å². The van der Waals surface area contributed by atoms with Crippen molar-refractivity contribution in [1.29, 1.82) is 0 Å². The molecule has 1 heterocycles. The van der Waals surface area contributed by atoms with E-state index in [1.807, 2.05) is 0 Å². The van der Waals surface area contributed by atoms with Crippen molar-refractivity contribution in [2.45, 2.75) is 11.5 Å². The number of nitrogens with zero attached hydrogens (tertiary/aromatic N) is 1. The summed E-state index contributed by atoms with van der Waals surface area (Å²) in [5.74, 6) is 0.162. The predicted octanol–water partition coefficient (Wildman–Crippen LogP) is 3.26. The van der Waals surface area contributed by atoms with Crippen molar-refractivity contribution in [3.63, 3.8) is 0 Å². The number of fused-ring (bicyclic) bond motifs is 1. The van der Waals surface area contributed by atoms with Crippen molar-refractivity contribution in [3.8, 4) is 11.5 Å². The lowest BCUT2D eigenvalue weighted by molar-refractivity contribution is -0.0258. The van der Waals surface area contributed by atoms with Crippen LogP contribution in [0.3, 0.4) is 0 Å².